The summed E-state index contributed by atoms with van der Waals surface area (Å²) in [6, 6.07) is 20.0. The number of methoxy groups -OCH3 is 1. The Hall–Kier alpha value is -4.76. The minimum Gasteiger partial charge on any atom is -0.494 e. The molecule has 17 heteroatoms. The van der Waals surface area contributed by atoms with Gasteiger partial charge in [0.1, 0.15) is 10.8 Å². The summed E-state index contributed by atoms with van der Waals surface area (Å²) in [6.45, 7) is 6.43. The molecule has 4 N–H and O–H groups in total. The van der Waals surface area contributed by atoms with Gasteiger partial charge in [-0.05, 0) is 92.1 Å². The first-order chi connectivity index (χ1) is 29.1. The Morgan fingerprint density at radius 2 is 1.63 bits per heavy atom. The first-order valence-electron chi connectivity index (χ1n) is 20.6. The van der Waals surface area contributed by atoms with Crippen LogP contribution < -0.4 is 41.1 Å². The quantitative estimate of drug-likeness (QED) is 0.0822. The molecule has 5 heterocycles. The molecule has 0 bridgehead atoms. The third kappa shape index (κ3) is 9.26. The molecular formula is C43H53ClN9O6P. The van der Waals surface area contributed by atoms with Gasteiger partial charge in [-0.3, -0.25) is 24.4 Å². The van der Waals surface area contributed by atoms with E-state index in [9.17, 15) is 14.2 Å². The zero-order valence-corrected chi connectivity index (χ0v) is 35.9. The molecule has 3 fully saturated rings. The highest BCUT2D eigenvalue weighted by Crippen LogP contribution is 2.47. The van der Waals surface area contributed by atoms with E-state index >= 15 is 0 Å². The summed E-state index contributed by atoms with van der Waals surface area (Å²) in [6.07, 6.45) is 7.00. The van der Waals surface area contributed by atoms with Gasteiger partial charge in [0.05, 0.1) is 36.0 Å². The van der Waals surface area contributed by atoms with Crippen molar-refractivity contribution in [3.63, 3.8) is 0 Å². The molecule has 1 unspecified atom stereocenters. The number of ether oxygens (including phenoxy) is 1. The van der Waals surface area contributed by atoms with E-state index < -0.39 is 7.60 Å². The van der Waals surface area contributed by atoms with Gasteiger partial charge in [0.15, 0.2) is 5.82 Å². The lowest BCUT2D eigenvalue weighted by Crippen LogP contribution is -2.50. The van der Waals surface area contributed by atoms with Crippen molar-refractivity contribution in [3.8, 4) is 5.75 Å². The number of halogens is 1. The highest BCUT2D eigenvalue weighted by molar-refractivity contribution is 7.62. The van der Waals surface area contributed by atoms with E-state index in [1.54, 1.807) is 31.4 Å². The fraction of sp³-hybridized carbons (Fsp3) is 0.442. The van der Waals surface area contributed by atoms with Gasteiger partial charge in [0, 0.05) is 83.4 Å². The number of anilines is 6. The number of piperidine rings is 3. The molecule has 0 radical (unpaired) electrons. The molecule has 318 valence electrons. The molecule has 2 amide bonds. The first-order valence-corrected chi connectivity index (χ1v) is 22.5. The smallest absolute Gasteiger partial charge is 0.362 e. The minimum atomic E-state index is -3.56. The number of carbonyl (C=O) groups is 2. The molecule has 4 aliphatic rings. The van der Waals surface area contributed by atoms with Crippen molar-refractivity contribution in [1.82, 2.24) is 25.5 Å². The number of carbonyl (C=O) groups excluding carboxylic acids is 2. The zero-order valence-electron chi connectivity index (χ0n) is 34.3. The van der Waals surface area contributed by atoms with Crippen LogP contribution in [0.4, 0.5) is 34.5 Å². The molecule has 4 aromatic rings. The molecular weight excluding hydrogens is 805 g/mol. The van der Waals surface area contributed by atoms with Gasteiger partial charge in [-0.15, -0.1) is 0 Å². The van der Waals surface area contributed by atoms with Crippen molar-refractivity contribution in [2.24, 2.45) is 5.92 Å². The molecule has 3 saturated heterocycles. The van der Waals surface area contributed by atoms with Crippen molar-refractivity contribution < 1.29 is 27.9 Å². The predicted octanol–water partition coefficient (Wildman–Crippen LogP) is 6.33. The van der Waals surface area contributed by atoms with Crippen LogP contribution in [0.5, 0.6) is 5.75 Å². The number of rotatable bonds is 14. The number of fused-ring (bicyclic) bond motifs is 1. The average molecular weight is 858 g/mol. The Labute approximate surface area is 356 Å². The van der Waals surface area contributed by atoms with Gasteiger partial charge in [0.2, 0.25) is 17.8 Å². The van der Waals surface area contributed by atoms with Crippen LogP contribution in [0.2, 0.25) is 5.02 Å². The van der Waals surface area contributed by atoms with Crippen molar-refractivity contribution in [2.45, 2.75) is 63.7 Å². The number of hydrogen-bond donors (Lipinski definition) is 4. The number of aromatic nitrogens is 2. The Kier molecular flexibility index (Phi) is 12.9. The molecule has 0 saturated carbocycles. The zero-order chi connectivity index (χ0) is 41.8. The van der Waals surface area contributed by atoms with Crippen molar-refractivity contribution >= 4 is 70.8 Å². The Morgan fingerprint density at radius 3 is 2.42 bits per heavy atom. The Balaban J connectivity index is 0.827. The Bertz CT molecular complexity index is 2250. The van der Waals surface area contributed by atoms with Crippen LogP contribution in [0.15, 0.2) is 66.9 Å². The largest absolute Gasteiger partial charge is 0.494 e. The summed E-state index contributed by atoms with van der Waals surface area (Å²) in [5.74, 6) is 1.54. The molecule has 0 spiro atoms. The van der Waals surface area contributed by atoms with Crippen LogP contribution in [0.3, 0.4) is 0 Å². The lowest BCUT2D eigenvalue weighted by atomic mass is 9.95. The predicted molar refractivity (Wildman–Crippen MR) is 234 cm³/mol. The number of amides is 2. The van der Waals surface area contributed by atoms with Crippen LogP contribution in [-0.4, -0.2) is 92.8 Å². The van der Waals surface area contributed by atoms with E-state index in [-0.39, 0.29) is 22.9 Å². The number of para-hydroxylation sites is 1. The number of nitrogens with one attached hydrogen (secondary N) is 4. The maximum Gasteiger partial charge on any atom is 0.362 e. The molecule has 15 nitrogen and oxygen atoms in total. The number of nitrogens with zero attached hydrogens (tertiary/aromatic N) is 5. The second kappa shape index (κ2) is 18.5. The highest BCUT2D eigenvalue weighted by atomic mass is 35.5. The first kappa shape index (κ1) is 42.0. The maximum absolute atomic E-state index is 13.2. The third-order valence-corrected chi connectivity index (χ3v) is 14.4. The fourth-order valence-corrected chi connectivity index (χ4v) is 10.2. The summed E-state index contributed by atoms with van der Waals surface area (Å²) < 4.78 is 29.5. The third-order valence-electron chi connectivity index (χ3n) is 12.2. The Morgan fingerprint density at radius 1 is 0.867 bits per heavy atom. The van der Waals surface area contributed by atoms with E-state index in [1.807, 2.05) is 12.1 Å². The average Bonchev–Trinajstić information content (AvgIpc) is 3.70. The minimum absolute atomic E-state index is 0.167. The fourth-order valence-electron chi connectivity index (χ4n) is 8.79. The van der Waals surface area contributed by atoms with Crippen LogP contribution in [0.1, 0.15) is 49.7 Å². The summed E-state index contributed by atoms with van der Waals surface area (Å²) in [5, 5.41) is 13.5. The van der Waals surface area contributed by atoms with Crippen molar-refractivity contribution in [1.29, 1.82) is 0 Å². The van der Waals surface area contributed by atoms with E-state index in [0.29, 0.717) is 59.0 Å². The van der Waals surface area contributed by atoms with E-state index in [2.05, 4.69) is 70.2 Å². The standard InChI is InChI=1S/C43H53ClN9O6P/c1-57-38-22-33(12-13-35(38)48-43-46-24-34(44)41(50-43)47-36-8-4-5-9-39(36)60(56,58-2)59-3)51-19-16-28(17-20-51)23-45-31-7-6-18-52(27-31)32-11-10-29-25-53(26-30(29)21-32)37-14-15-40(54)49-42(37)55/h4-5,8-13,21-22,24,28,31,37,45H,6-7,14-20,23,25-27H2,1-3H3,(H,49,54,55)(H2,46,47,48,50)/t31-,37?/m0/s1. The molecule has 2 atom stereocenters. The molecule has 0 aliphatic carbocycles. The monoisotopic (exact) mass is 857 g/mol. The summed E-state index contributed by atoms with van der Waals surface area (Å²) in [4.78, 5) is 40.3. The summed E-state index contributed by atoms with van der Waals surface area (Å²) in [5.41, 5.74) is 6.08. The number of benzene rings is 3. The molecule has 3 aromatic carbocycles. The van der Waals surface area contributed by atoms with Crippen LogP contribution in [0, 0.1) is 5.92 Å². The number of imide groups is 1. The van der Waals surface area contributed by atoms with Crippen LogP contribution >= 0.6 is 19.2 Å². The lowest BCUT2D eigenvalue weighted by Gasteiger charge is -2.37. The summed E-state index contributed by atoms with van der Waals surface area (Å²) >= 11 is 6.49. The maximum atomic E-state index is 13.2. The van der Waals surface area contributed by atoms with Gasteiger partial charge in [-0.25, -0.2) is 4.98 Å². The van der Waals surface area contributed by atoms with Gasteiger partial charge in [-0.1, -0.05) is 29.8 Å². The topological polar surface area (TPSA) is 163 Å². The van der Waals surface area contributed by atoms with Gasteiger partial charge >= 0.3 is 7.60 Å². The summed E-state index contributed by atoms with van der Waals surface area (Å²) in [7, 11) is 0.769. The normalized spacial score (nSPS) is 20.2. The second-order valence-electron chi connectivity index (χ2n) is 15.9. The lowest BCUT2D eigenvalue weighted by molar-refractivity contribution is -0.137. The highest BCUT2D eigenvalue weighted by Gasteiger charge is 2.35. The van der Waals surface area contributed by atoms with Crippen LogP contribution in [-0.2, 0) is 36.3 Å². The van der Waals surface area contributed by atoms with Gasteiger partial charge in [0.25, 0.3) is 0 Å². The molecule has 4 aliphatic heterocycles. The van der Waals surface area contributed by atoms with E-state index in [4.69, 9.17) is 25.4 Å². The SMILES string of the molecule is COc1cc(N2CCC(CN[C@H]3CCCN(c4ccc5c(c4)CN(C4CCC(=O)NC4=O)C5)C3)CC2)ccc1Nc1ncc(Cl)c(Nc2ccccc2P(=O)(OC)OC)n1. The molecule has 8 rings (SSSR count). The van der Waals surface area contributed by atoms with Crippen molar-refractivity contribution in [2.75, 3.05) is 74.5 Å². The van der Waals surface area contributed by atoms with E-state index in [1.165, 1.54) is 43.7 Å². The van der Waals surface area contributed by atoms with Gasteiger partial charge in [-0.2, -0.15) is 4.98 Å². The molecule has 60 heavy (non-hydrogen) atoms. The van der Waals surface area contributed by atoms with Gasteiger partial charge < -0.3 is 39.5 Å². The number of hydrogen-bond acceptors (Lipinski definition) is 14. The molecule has 1 aromatic heterocycles. The second-order valence-corrected chi connectivity index (χ2v) is 18.5. The van der Waals surface area contributed by atoms with E-state index in [0.717, 1.165) is 70.8 Å². The van der Waals surface area contributed by atoms with Crippen molar-refractivity contribution in [3.05, 3.63) is 83.0 Å². The van der Waals surface area contributed by atoms with Crippen LogP contribution in [0.25, 0.3) is 0 Å².